The number of ether oxygens (including phenoxy) is 2. The Morgan fingerprint density at radius 1 is 1.37 bits per heavy atom. The van der Waals surface area contributed by atoms with E-state index in [0.717, 1.165) is 0 Å². The molecule has 6 nitrogen and oxygen atoms in total. The van der Waals surface area contributed by atoms with Crippen LogP contribution in [0.4, 0.5) is 0 Å². The summed E-state index contributed by atoms with van der Waals surface area (Å²) in [5.74, 6) is -0.692. The lowest BCUT2D eigenvalue weighted by molar-refractivity contribution is -0.145. The third-order valence-corrected chi connectivity index (χ3v) is 3.08. The molecule has 0 aromatic heterocycles. The quantitative estimate of drug-likeness (QED) is 0.519. The van der Waals surface area contributed by atoms with Gasteiger partial charge in [0.1, 0.15) is 6.42 Å². The van der Waals surface area contributed by atoms with Crippen molar-refractivity contribution in [2.75, 3.05) is 40.0 Å². The Labute approximate surface area is 113 Å². The second-order valence-electron chi connectivity index (χ2n) is 5.03. The fourth-order valence-electron chi connectivity index (χ4n) is 2.20. The normalized spacial score (nSPS) is 18.3. The van der Waals surface area contributed by atoms with Gasteiger partial charge in [-0.25, -0.2) is 0 Å². The minimum atomic E-state index is -0.794. The summed E-state index contributed by atoms with van der Waals surface area (Å²) in [5.41, 5.74) is -0.794. The molecule has 0 bridgehead atoms. The number of ketones is 1. The number of rotatable bonds is 7. The van der Waals surface area contributed by atoms with Gasteiger partial charge in [0.2, 0.25) is 0 Å². The highest BCUT2D eigenvalue weighted by Crippen LogP contribution is 2.21. The maximum absolute atomic E-state index is 11.6. The minimum absolute atomic E-state index is 0.141. The zero-order valence-electron chi connectivity index (χ0n) is 11.7. The average Bonchev–Trinajstić information content (AvgIpc) is 2.28. The Balaban J connectivity index is 2.31. The van der Waals surface area contributed by atoms with Crippen LogP contribution in [-0.4, -0.2) is 67.3 Å². The van der Waals surface area contributed by atoms with Crippen molar-refractivity contribution in [3.63, 3.8) is 0 Å². The van der Waals surface area contributed by atoms with E-state index in [0.29, 0.717) is 32.6 Å². The molecule has 0 aromatic rings. The SMILES string of the molecule is CCOC(=O)CC(=O)CN(C)CC1(O)CCOCC1. The molecule has 0 spiro atoms. The first-order valence-electron chi connectivity index (χ1n) is 6.61. The van der Waals surface area contributed by atoms with Gasteiger partial charge in [-0.15, -0.1) is 0 Å². The predicted octanol–water partition coefficient (Wildman–Crippen LogP) is -0.0180. The highest BCUT2D eigenvalue weighted by Gasteiger charge is 2.31. The van der Waals surface area contributed by atoms with Gasteiger partial charge in [-0.2, -0.15) is 0 Å². The lowest BCUT2D eigenvalue weighted by Crippen LogP contribution is -2.46. The van der Waals surface area contributed by atoms with Gasteiger partial charge in [0.25, 0.3) is 0 Å². The van der Waals surface area contributed by atoms with E-state index in [2.05, 4.69) is 0 Å². The molecule has 19 heavy (non-hydrogen) atoms. The van der Waals surface area contributed by atoms with E-state index in [1.807, 2.05) is 0 Å². The summed E-state index contributed by atoms with van der Waals surface area (Å²) in [7, 11) is 1.76. The standard InChI is InChI=1S/C13H23NO5/c1-3-19-12(16)8-11(15)9-14(2)10-13(17)4-6-18-7-5-13/h17H,3-10H2,1-2H3. The maximum Gasteiger partial charge on any atom is 0.313 e. The lowest BCUT2D eigenvalue weighted by Gasteiger charge is -2.35. The van der Waals surface area contributed by atoms with Crippen LogP contribution in [0, 0.1) is 0 Å². The first-order chi connectivity index (χ1) is 8.95. The summed E-state index contributed by atoms with van der Waals surface area (Å²) in [4.78, 5) is 24.5. The first-order valence-corrected chi connectivity index (χ1v) is 6.61. The summed E-state index contributed by atoms with van der Waals surface area (Å²) in [6.07, 6.45) is 0.937. The second kappa shape index (κ2) is 7.57. The number of nitrogens with zero attached hydrogens (tertiary/aromatic N) is 1. The van der Waals surface area contributed by atoms with E-state index >= 15 is 0 Å². The molecule has 0 aliphatic carbocycles. The summed E-state index contributed by atoms with van der Waals surface area (Å²) in [5, 5.41) is 10.3. The number of aliphatic hydroxyl groups is 1. The zero-order valence-corrected chi connectivity index (χ0v) is 11.7. The van der Waals surface area contributed by atoms with Crippen LogP contribution >= 0.6 is 0 Å². The topological polar surface area (TPSA) is 76.1 Å². The largest absolute Gasteiger partial charge is 0.466 e. The van der Waals surface area contributed by atoms with Crippen molar-refractivity contribution in [3.8, 4) is 0 Å². The number of hydrogen-bond acceptors (Lipinski definition) is 6. The fraction of sp³-hybridized carbons (Fsp3) is 0.846. The van der Waals surface area contributed by atoms with Gasteiger partial charge in [0.05, 0.1) is 18.8 Å². The molecule has 0 unspecified atom stereocenters. The molecule has 1 heterocycles. The molecule has 6 heteroatoms. The second-order valence-corrected chi connectivity index (χ2v) is 5.03. The number of esters is 1. The Kier molecular flexibility index (Phi) is 6.41. The van der Waals surface area contributed by atoms with Crippen molar-refractivity contribution in [2.45, 2.75) is 31.8 Å². The monoisotopic (exact) mass is 273 g/mol. The molecule has 0 aromatic carbocycles. The fourth-order valence-corrected chi connectivity index (χ4v) is 2.20. The molecule has 110 valence electrons. The highest BCUT2D eigenvalue weighted by atomic mass is 16.5. The van der Waals surface area contributed by atoms with Gasteiger partial charge < -0.3 is 14.6 Å². The van der Waals surface area contributed by atoms with E-state index in [1.165, 1.54) is 0 Å². The van der Waals surface area contributed by atoms with E-state index in [1.54, 1.807) is 18.9 Å². The number of carbonyl (C=O) groups is 2. The van der Waals surface area contributed by atoms with E-state index in [9.17, 15) is 14.7 Å². The number of hydrogen-bond donors (Lipinski definition) is 1. The summed E-state index contributed by atoms with van der Waals surface area (Å²) >= 11 is 0. The van der Waals surface area contributed by atoms with Crippen molar-refractivity contribution in [3.05, 3.63) is 0 Å². The van der Waals surface area contributed by atoms with Gasteiger partial charge in [-0.1, -0.05) is 0 Å². The molecule has 0 amide bonds. The molecule has 0 saturated carbocycles. The zero-order chi connectivity index (χ0) is 14.3. The van der Waals surface area contributed by atoms with Crippen LogP contribution in [0.25, 0.3) is 0 Å². The minimum Gasteiger partial charge on any atom is -0.466 e. The van der Waals surface area contributed by atoms with Gasteiger partial charge in [0, 0.05) is 32.6 Å². The predicted molar refractivity (Wildman–Crippen MR) is 68.8 cm³/mol. The molecule has 1 rings (SSSR count). The van der Waals surface area contributed by atoms with E-state index in [-0.39, 0.29) is 25.4 Å². The Morgan fingerprint density at radius 2 is 2.00 bits per heavy atom. The third-order valence-electron chi connectivity index (χ3n) is 3.08. The van der Waals surface area contributed by atoms with Crippen LogP contribution in [0.15, 0.2) is 0 Å². The Bertz CT molecular complexity index is 312. The number of Topliss-reactive ketones (excluding diaryl/α,β-unsaturated/α-hetero) is 1. The molecule has 1 N–H and O–H groups in total. The van der Waals surface area contributed by atoms with E-state index < -0.39 is 11.6 Å². The highest BCUT2D eigenvalue weighted by molar-refractivity contribution is 5.96. The molecule has 0 radical (unpaired) electrons. The molecule has 1 aliphatic heterocycles. The lowest BCUT2D eigenvalue weighted by atomic mass is 9.94. The molecule has 0 atom stereocenters. The number of likely N-dealkylation sites (N-methyl/N-ethyl adjacent to an activating group) is 1. The van der Waals surface area contributed by atoms with Gasteiger partial charge in [0.15, 0.2) is 5.78 Å². The van der Waals surface area contributed by atoms with Crippen LogP contribution in [-0.2, 0) is 19.1 Å². The van der Waals surface area contributed by atoms with Crippen LogP contribution in [0.1, 0.15) is 26.2 Å². The molecule has 1 fully saturated rings. The van der Waals surface area contributed by atoms with Crippen LogP contribution in [0.3, 0.4) is 0 Å². The van der Waals surface area contributed by atoms with Crippen molar-refractivity contribution in [1.82, 2.24) is 4.90 Å². The van der Waals surface area contributed by atoms with Crippen LogP contribution in [0.5, 0.6) is 0 Å². The van der Waals surface area contributed by atoms with Gasteiger partial charge >= 0.3 is 5.97 Å². The van der Waals surface area contributed by atoms with Crippen molar-refractivity contribution < 1.29 is 24.2 Å². The molecular weight excluding hydrogens is 250 g/mol. The van der Waals surface area contributed by atoms with Gasteiger partial charge in [-0.05, 0) is 14.0 Å². The number of carbonyl (C=O) groups excluding carboxylic acids is 2. The van der Waals surface area contributed by atoms with Crippen LogP contribution in [0.2, 0.25) is 0 Å². The average molecular weight is 273 g/mol. The molecule has 1 aliphatic rings. The van der Waals surface area contributed by atoms with Crippen molar-refractivity contribution in [1.29, 1.82) is 0 Å². The first kappa shape index (κ1) is 16.1. The molecule has 1 saturated heterocycles. The van der Waals surface area contributed by atoms with Crippen molar-refractivity contribution in [2.24, 2.45) is 0 Å². The van der Waals surface area contributed by atoms with Crippen molar-refractivity contribution >= 4 is 11.8 Å². The summed E-state index contributed by atoms with van der Waals surface area (Å²) in [6, 6.07) is 0. The summed E-state index contributed by atoms with van der Waals surface area (Å²) in [6.45, 7) is 3.62. The van der Waals surface area contributed by atoms with E-state index in [4.69, 9.17) is 9.47 Å². The Hall–Kier alpha value is -0.980. The third kappa shape index (κ3) is 6.13. The summed E-state index contributed by atoms with van der Waals surface area (Å²) < 4.78 is 9.92. The van der Waals surface area contributed by atoms with Gasteiger partial charge in [-0.3, -0.25) is 14.5 Å². The maximum atomic E-state index is 11.6. The Morgan fingerprint density at radius 3 is 2.58 bits per heavy atom. The van der Waals surface area contributed by atoms with Crippen LogP contribution < -0.4 is 0 Å². The molecular formula is C13H23NO5. The smallest absolute Gasteiger partial charge is 0.313 e.